The van der Waals surface area contributed by atoms with Crippen LogP contribution in [0.2, 0.25) is 0 Å². The molecule has 1 aliphatic heterocycles. The minimum absolute atomic E-state index is 0.144. The third kappa shape index (κ3) is 9.12. The Hall–Kier alpha value is -4.28. The van der Waals surface area contributed by atoms with Crippen LogP contribution in [-0.2, 0) is 4.74 Å². The fourth-order valence-electron chi connectivity index (χ4n) is 5.32. The molecule has 1 aromatic heterocycles. The highest BCUT2D eigenvalue weighted by Gasteiger charge is 2.31. The molecule has 2 aromatic carbocycles. The summed E-state index contributed by atoms with van der Waals surface area (Å²) in [6.07, 6.45) is 5.05. The molecule has 2 heterocycles. The number of aliphatic hydroxyl groups excluding tert-OH is 1. The molecule has 0 spiro atoms. The number of ether oxygens (including phenoxy) is 2. The lowest BCUT2D eigenvalue weighted by atomic mass is 10.0. The second kappa shape index (κ2) is 16.2. The summed E-state index contributed by atoms with van der Waals surface area (Å²) in [7, 11) is 1.74. The van der Waals surface area contributed by atoms with Crippen molar-refractivity contribution < 1.29 is 29.0 Å². The SMILES string of the molecule is C[C@@H]1CCCCO[C@@H](CN(C)C(=O)c2ccncc2)[C@H](C)CN([C@H](C)CO)C(=O)c2cc(NC(=O)c3ccccc3)ccc2O1. The molecular weight excluding hydrogens is 572 g/mol. The number of amides is 3. The lowest BCUT2D eigenvalue weighted by Crippen LogP contribution is -2.48. The smallest absolute Gasteiger partial charge is 0.258 e. The summed E-state index contributed by atoms with van der Waals surface area (Å²) in [6, 6.07) is 16.8. The summed E-state index contributed by atoms with van der Waals surface area (Å²) < 4.78 is 12.6. The maximum Gasteiger partial charge on any atom is 0.258 e. The van der Waals surface area contributed by atoms with Gasteiger partial charge < -0.3 is 29.7 Å². The average molecular weight is 617 g/mol. The Kier molecular flexibility index (Phi) is 12.1. The van der Waals surface area contributed by atoms with Crippen LogP contribution in [0.4, 0.5) is 5.69 Å². The van der Waals surface area contributed by atoms with Crippen molar-refractivity contribution in [2.45, 2.75) is 58.3 Å². The Morgan fingerprint density at radius 2 is 1.80 bits per heavy atom. The van der Waals surface area contributed by atoms with Crippen molar-refractivity contribution in [3.8, 4) is 5.75 Å². The van der Waals surface area contributed by atoms with E-state index in [0.29, 0.717) is 41.3 Å². The van der Waals surface area contributed by atoms with E-state index in [1.54, 1.807) is 90.8 Å². The van der Waals surface area contributed by atoms with Gasteiger partial charge in [0.1, 0.15) is 5.75 Å². The lowest BCUT2D eigenvalue weighted by molar-refractivity contribution is -0.0149. The standard InChI is InChI=1S/C35H44N4O6/c1-24-21-39(25(2)23-40)35(43)30-20-29(37-33(41)27-11-6-5-7-12-27)13-14-31(30)45-26(3)10-8-9-19-44-32(24)22-38(4)34(42)28-15-17-36-18-16-28/h5-7,11-18,20,24-26,32,40H,8-10,19,21-23H2,1-4H3,(H,37,41)/t24-,25-,26-,32+/m1/s1. The molecule has 0 radical (unpaired) electrons. The highest BCUT2D eigenvalue weighted by atomic mass is 16.5. The molecular formula is C35H44N4O6. The van der Waals surface area contributed by atoms with Gasteiger partial charge in [0, 0.05) is 61.9 Å². The van der Waals surface area contributed by atoms with Crippen LogP contribution in [0.15, 0.2) is 73.1 Å². The maximum atomic E-state index is 14.3. The van der Waals surface area contributed by atoms with Crippen molar-refractivity contribution in [2.24, 2.45) is 5.92 Å². The van der Waals surface area contributed by atoms with Gasteiger partial charge in [-0.25, -0.2) is 0 Å². The normalized spacial score (nSPS) is 20.2. The van der Waals surface area contributed by atoms with E-state index in [1.165, 1.54) is 0 Å². The highest BCUT2D eigenvalue weighted by molar-refractivity contribution is 6.05. The van der Waals surface area contributed by atoms with Crippen LogP contribution >= 0.6 is 0 Å². The van der Waals surface area contributed by atoms with Crippen LogP contribution < -0.4 is 10.1 Å². The minimum Gasteiger partial charge on any atom is -0.490 e. The zero-order chi connectivity index (χ0) is 32.3. The van der Waals surface area contributed by atoms with Crippen molar-refractivity contribution in [2.75, 3.05) is 38.7 Å². The van der Waals surface area contributed by atoms with Crippen LogP contribution in [0.3, 0.4) is 0 Å². The number of carbonyl (C=O) groups is 3. The first kappa shape index (κ1) is 33.6. The van der Waals surface area contributed by atoms with Crippen molar-refractivity contribution in [3.63, 3.8) is 0 Å². The number of hydrogen-bond acceptors (Lipinski definition) is 7. The zero-order valence-electron chi connectivity index (χ0n) is 26.5. The molecule has 10 heteroatoms. The fourth-order valence-corrected chi connectivity index (χ4v) is 5.32. The minimum atomic E-state index is -0.516. The van der Waals surface area contributed by atoms with E-state index >= 15 is 0 Å². The third-order valence-corrected chi connectivity index (χ3v) is 8.07. The van der Waals surface area contributed by atoms with Gasteiger partial charge in [-0.2, -0.15) is 0 Å². The van der Waals surface area contributed by atoms with Gasteiger partial charge in [0.15, 0.2) is 0 Å². The number of hydrogen-bond donors (Lipinski definition) is 2. The molecule has 4 atom stereocenters. The molecule has 1 aliphatic rings. The quantitative estimate of drug-likeness (QED) is 0.387. The summed E-state index contributed by atoms with van der Waals surface area (Å²) in [5.41, 5.74) is 1.78. The van der Waals surface area contributed by atoms with E-state index in [0.717, 1.165) is 19.3 Å². The number of aromatic nitrogens is 1. The van der Waals surface area contributed by atoms with Gasteiger partial charge in [-0.1, -0.05) is 25.1 Å². The van der Waals surface area contributed by atoms with Crippen LogP contribution in [-0.4, -0.2) is 89.2 Å². The first-order chi connectivity index (χ1) is 21.7. The summed E-state index contributed by atoms with van der Waals surface area (Å²) in [4.78, 5) is 47.6. The molecule has 0 aliphatic carbocycles. The van der Waals surface area contributed by atoms with E-state index in [-0.39, 0.29) is 49.0 Å². The van der Waals surface area contributed by atoms with Crippen LogP contribution in [0.25, 0.3) is 0 Å². The number of carbonyl (C=O) groups excluding carboxylic acids is 3. The topological polar surface area (TPSA) is 121 Å². The number of nitrogens with zero attached hydrogens (tertiary/aromatic N) is 3. The predicted molar refractivity (Wildman–Crippen MR) is 172 cm³/mol. The first-order valence-electron chi connectivity index (χ1n) is 15.5. The molecule has 0 bridgehead atoms. The Morgan fingerprint density at radius 3 is 2.51 bits per heavy atom. The summed E-state index contributed by atoms with van der Waals surface area (Å²) >= 11 is 0. The van der Waals surface area contributed by atoms with Crippen molar-refractivity contribution in [1.82, 2.24) is 14.8 Å². The van der Waals surface area contributed by atoms with E-state index in [4.69, 9.17) is 9.47 Å². The molecule has 3 aromatic rings. The zero-order valence-corrected chi connectivity index (χ0v) is 26.5. The number of anilines is 1. The summed E-state index contributed by atoms with van der Waals surface area (Å²) in [5.74, 6) is -0.547. The van der Waals surface area contributed by atoms with Gasteiger partial charge in [0.05, 0.1) is 30.4 Å². The molecule has 2 N–H and O–H groups in total. The fraction of sp³-hybridized carbons (Fsp3) is 0.429. The highest BCUT2D eigenvalue weighted by Crippen LogP contribution is 2.29. The predicted octanol–water partition coefficient (Wildman–Crippen LogP) is 4.90. The number of fused-ring (bicyclic) bond motifs is 1. The van der Waals surface area contributed by atoms with Crippen LogP contribution in [0.5, 0.6) is 5.75 Å². The van der Waals surface area contributed by atoms with E-state index < -0.39 is 6.04 Å². The maximum absolute atomic E-state index is 14.3. The van der Waals surface area contributed by atoms with Crippen molar-refractivity contribution >= 4 is 23.4 Å². The Bertz CT molecular complexity index is 1420. The molecule has 0 unspecified atom stereocenters. The van der Waals surface area contributed by atoms with E-state index in [9.17, 15) is 19.5 Å². The molecule has 0 fully saturated rings. The van der Waals surface area contributed by atoms with Gasteiger partial charge in [0.25, 0.3) is 17.7 Å². The molecule has 0 saturated carbocycles. The number of aliphatic hydroxyl groups is 1. The second-order valence-electron chi connectivity index (χ2n) is 11.8. The van der Waals surface area contributed by atoms with Gasteiger partial charge in [0.2, 0.25) is 0 Å². The van der Waals surface area contributed by atoms with Gasteiger partial charge in [-0.05, 0) is 75.6 Å². The van der Waals surface area contributed by atoms with Gasteiger partial charge >= 0.3 is 0 Å². The third-order valence-electron chi connectivity index (χ3n) is 8.07. The largest absolute Gasteiger partial charge is 0.490 e. The number of likely N-dealkylation sites (N-methyl/N-ethyl adjacent to an activating group) is 1. The molecule has 45 heavy (non-hydrogen) atoms. The second-order valence-corrected chi connectivity index (χ2v) is 11.8. The Balaban J connectivity index is 1.63. The Labute approximate surface area is 265 Å². The van der Waals surface area contributed by atoms with Crippen molar-refractivity contribution in [3.05, 3.63) is 89.7 Å². The number of nitrogens with one attached hydrogen (secondary N) is 1. The lowest BCUT2D eigenvalue weighted by Gasteiger charge is -2.36. The summed E-state index contributed by atoms with van der Waals surface area (Å²) in [6.45, 7) is 6.58. The van der Waals surface area contributed by atoms with Gasteiger partial charge in [-0.3, -0.25) is 19.4 Å². The average Bonchev–Trinajstić information content (AvgIpc) is 3.06. The monoisotopic (exact) mass is 616 g/mol. The van der Waals surface area contributed by atoms with Crippen LogP contribution in [0.1, 0.15) is 71.1 Å². The van der Waals surface area contributed by atoms with Gasteiger partial charge in [-0.15, -0.1) is 0 Å². The molecule has 10 nitrogen and oxygen atoms in total. The van der Waals surface area contributed by atoms with Crippen LogP contribution in [0, 0.1) is 5.92 Å². The molecule has 3 amide bonds. The number of pyridine rings is 1. The molecule has 4 rings (SSSR count). The molecule has 0 saturated heterocycles. The van der Waals surface area contributed by atoms with E-state index in [2.05, 4.69) is 10.3 Å². The van der Waals surface area contributed by atoms with Crippen molar-refractivity contribution in [1.29, 1.82) is 0 Å². The van der Waals surface area contributed by atoms with E-state index in [1.807, 2.05) is 19.9 Å². The number of rotatable bonds is 7. The first-order valence-corrected chi connectivity index (χ1v) is 15.5. The summed E-state index contributed by atoms with van der Waals surface area (Å²) in [5, 5.41) is 13.1. The molecule has 240 valence electrons. The number of benzene rings is 2. The Morgan fingerprint density at radius 1 is 1.07 bits per heavy atom.